The third-order valence-electron chi connectivity index (χ3n) is 5.45. The van der Waals surface area contributed by atoms with Gasteiger partial charge in [-0.05, 0) is 49.7 Å². The van der Waals surface area contributed by atoms with Gasteiger partial charge in [0.05, 0.1) is 35.0 Å². The molecule has 0 radical (unpaired) electrons. The minimum absolute atomic E-state index is 0.00330. The van der Waals surface area contributed by atoms with Gasteiger partial charge < -0.3 is 14.5 Å². The number of ether oxygens (including phenoxy) is 1. The van der Waals surface area contributed by atoms with E-state index in [-0.39, 0.29) is 40.4 Å². The third-order valence-corrected chi connectivity index (χ3v) is 7.22. The predicted molar refractivity (Wildman–Crippen MR) is 123 cm³/mol. The molecule has 180 valence electrons. The van der Waals surface area contributed by atoms with Gasteiger partial charge in [0.1, 0.15) is 11.6 Å². The lowest BCUT2D eigenvalue weighted by Crippen LogP contribution is -2.54. The van der Waals surface area contributed by atoms with Crippen molar-refractivity contribution in [2.24, 2.45) is 0 Å². The van der Waals surface area contributed by atoms with Gasteiger partial charge in [0.15, 0.2) is 0 Å². The number of nitrogens with one attached hydrogen (secondary N) is 1. The van der Waals surface area contributed by atoms with Gasteiger partial charge in [0.25, 0.3) is 5.91 Å². The highest BCUT2D eigenvalue weighted by atomic mass is 35.5. The van der Waals surface area contributed by atoms with Crippen LogP contribution in [0.3, 0.4) is 0 Å². The number of carbonyl (C=O) groups is 1. The first-order valence-electron chi connectivity index (χ1n) is 10.4. The molecule has 0 aromatic heterocycles. The summed E-state index contributed by atoms with van der Waals surface area (Å²) in [6.45, 7) is 2.42. The van der Waals surface area contributed by atoms with Crippen LogP contribution in [-0.2, 0) is 10.0 Å². The van der Waals surface area contributed by atoms with Crippen LogP contribution in [0, 0.1) is 5.82 Å². The van der Waals surface area contributed by atoms with Crippen molar-refractivity contribution in [2.45, 2.75) is 24.3 Å². The normalized spacial score (nSPS) is 16.7. The number of hydrogen-bond acceptors (Lipinski definition) is 5. The van der Waals surface area contributed by atoms with Crippen LogP contribution in [0.5, 0.6) is 5.75 Å². The summed E-state index contributed by atoms with van der Waals surface area (Å²) in [7, 11) is -2.32. The maximum absolute atomic E-state index is 13.3. The van der Waals surface area contributed by atoms with Crippen molar-refractivity contribution in [2.75, 3.05) is 44.9 Å². The van der Waals surface area contributed by atoms with Crippen LogP contribution in [0.1, 0.15) is 23.7 Å². The molecule has 1 saturated heterocycles. The predicted octanol–water partition coefficient (Wildman–Crippen LogP) is 3.48. The van der Waals surface area contributed by atoms with Crippen molar-refractivity contribution in [1.29, 1.82) is 0 Å². The second-order valence-electron chi connectivity index (χ2n) is 7.69. The summed E-state index contributed by atoms with van der Waals surface area (Å²) in [5.41, 5.74) is 0.800. The van der Waals surface area contributed by atoms with Gasteiger partial charge >= 0.3 is 0 Å². The van der Waals surface area contributed by atoms with E-state index in [9.17, 15) is 22.0 Å². The largest absolute Gasteiger partial charge is 0.495 e. The van der Waals surface area contributed by atoms with Gasteiger partial charge in [0.2, 0.25) is 10.0 Å². The molecule has 2 aromatic rings. The quantitative estimate of drug-likeness (QED) is 0.560. The molecule has 33 heavy (non-hydrogen) atoms. The molecule has 0 bridgehead atoms. The summed E-state index contributed by atoms with van der Waals surface area (Å²) >= 11 is 6.05. The zero-order valence-electron chi connectivity index (χ0n) is 18.4. The number of carbonyl (C=O) groups excluding carboxylic acids is 1. The first kappa shape index (κ1) is 25.2. The zero-order valence-corrected chi connectivity index (χ0v) is 19.9. The monoisotopic (exact) mass is 501 g/mol. The highest BCUT2D eigenvalue weighted by Crippen LogP contribution is 2.34. The number of anilines is 1. The summed E-state index contributed by atoms with van der Waals surface area (Å²) in [5.74, 6) is -0.325. The SMILES string of the molecule is COc1ccc(S(=O)(=O)NCCCF)cc1N1CCN(C(=O)c2ccc(F)cc2Cl)CC1C. The molecule has 7 nitrogen and oxygen atoms in total. The average molecular weight is 502 g/mol. The summed E-state index contributed by atoms with van der Waals surface area (Å²) in [6.07, 6.45) is 0.0906. The highest BCUT2D eigenvalue weighted by Gasteiger charge is 2.30. The number of rotatable bonds is 8. The Bertz CT molecular complexity index is 1120. The number of nitrogens with zero attached hydrogens (tertiary/aromatic N) is 2. The lowest BCUT2D eigenvalue weighted by atomic mass is 10.1. The lowest BCUT2D eigenvalue weighted by molar-refractivity contribution is 0.0726. The smallest absolute Gasteiger partial charge is 0.255 e. The van der Waals surface area contributed by atoms with Crippen LogP contribution in [0.25, 0.3) is 0 Å². The Morgan fingerprint density at radius 1 is 1.24 bits per heavy atom. The number of piperazine rings is 1. The molecular formula is C22H26ClF2N3O4S. The van der Waals surface area contributed by atoms with E-state index in [1.165, 1.54) is 31.4 Å². The van der Waals surface area contributed by atoms with Crippen molar-refractivity contribution in [1.82, 2.24) is 9.62 Å². The number of hydrogen-bond donors (Lipinski definition) is 1. The zero-order chi connectivity index (χ0) is 24.2. The van der Waals surface area contributed by atoms with E-state index in [4.69, 9.17) is 16.3 Å². The number of methoxy groups -OCH3 is 1. The summed E-state index contributed by atoms with van der Waals surface area (Å²) in [5, 5.41) is 0.0509. The van der Waals surface area contributed by atoms with Gasteiger partial charge in [-0.3, -0.25) is 9.18 Å². The van der Waals surface area contributed by atoms with Gasteiger partial charge in [-0.25, -0.2) is 17.5 Å². The molecule has 0 spiro atoms. The van der Waals surface area contributed by atoms with Crippen molar-refractivity contribution in [3.8, 4) is 5.75 Å². The number of benzene rings is 2. The van der Waals surface area contributed by atoms with Crippen molar-refractivity contribution in [3.63, 3.8) is 0 Å². The number of amides is 1. The van der Waals surface area contributed by atoms with E-state index >= 15 is 0 Å². The number of alkyl halides is 1. The molecule has 2 aromatic carbocycles. The fraction of sp³-hybridized carbons (Fsp3) is 0.409. The molecule has 1 fully saturated rings. The maximum Gasteiger partial charge on any atom is 0.255 e. The summed E-state index contributed by atoms with van der Waals surface area (Å²) < 4.78 is 58.7. The molecule has 1 amide bonds. The second kappa shape index (κ2) is 10.7. The molecule has 1 heterocycles. The van der Waals surface area contributed by atoms with Gasteiger partial charge in [-0.1, -0.05) is 11.6 Å². The van der Waals surface area contributed by atoms with Crippen LogP contribution >= 0.6 is 11.6 Å². The van der Waals surface area contributed by atoms with Crippen molar-refractivity contribution < 1.29 is 26.7 Å². The van der Waals surface area contributed by atoms with E-state index in [0.29, 0.717) is 31.1 Å². The molecule has 1 aliphatic rings. The second-order valence-corrected chi connectivity index (χ2v) is 9.87. The molecule has 11 heteroatoms. The van der Waals surface area contributed by atoms with Crippen LogP contribution in [0.15, 0.2) is 41.3 Å². The Morgan fingerprint density at radius 3 is 2.64 bits per heavy atom. The van der Waals surface area contributed by atoms with Crippen molar-refractivity contribution >= 4 is 33.2 Å². The molecule has 0 saturated carbocycles. The van der Waals surface area contributed by atoms with Gasteiger partial charge in [-0.15, -0.1) is 0 Å². The Hall–Kier alpha value is -2.43. The summed E-state index contributed by atoms with van der Waals surface area (Å²) in [4.78, 5) is 16.6. The Morgan fingerprint density at radius 2 is 2.00 bits per heavy atom. The topological polar surface area (TPSA) is 79.0 Å². The van der Waals surface area contributed by atoms with Crippen LogP contribution in [0.4, 0.5) is 14.5 Å². The highest BCUT2D eigenvalue weighted by molar-refractivity contribution is 7.89. The van der Waals surface area contributed by atoms with Gasteiger partial charge in [-0.2, -0.15) is 0 Å². The Kier molecular flexibility index (Phi) is 8.14. The Labute approximate surface area is 197 Å². The van der Waals surface area contributed by atoms with E-state index in [1.807, 2.05) is 11.8 Å². The number of sulfonamides is 1. The lowest BCUT2D eigenvalue weighted by Gasteiger charge is -2.41. The first-order chi connectivity index (χ1) is 15.7. The van der Waals surface area contributed by atoms with Crippen LogP contribution in [-0.4, -0.2) is 65.2 Å². The summed E-state index contributed by atoms with van der Waals surface area (Å²) in [6, 6.07) is 8.01. The molecule has 3 rings (SSSR count). The van der Waals surface area contributed by atoms with Crippen molar-refractivity contribution in [3.05, 3.63) is 52.8 Å². The molecule has 0 aliphatic carbocycles. The maximum atomic E-state index is 13.3. The van der Waals surface area contributed by atoms with E-state index < -0.39 is 22.5 Å². The minimum Gasteiger partial charge on any atom is -0.495 e. The molecule has 1 unspecified atom stereocenters. The first-order valence-corrected chi connectivity index (χ1v) is 12.3. The third kappa shape index (κ3) is 5.74. The molecule has 1 aliphatic heterocycles. The number of halogens is 3. The Balaban J connectivity index is 1.81. The van der Waals surface area contributed by atoms with E-state index in [1.54, 1.807) is 11.0 Å². The molecular weight excluding hydrogens is 476 g/mol. The van der Waals surface area contributed by atoms with Crippen LogP contribution < -0.4 is 14.4 Å². The fourth-order valence-corrected chi connectivity index (χ4v) is 5.09. The molecule has 1 N–H and O–H groups in total. The standard InChI is InChI=1S/C22H26ClF2N3O4S/c1-15-14-27(22(29)18-6-4-16(25)12-19(18)23)10-11-28(15)20-13-17(5-7-21(20)32-2)33(30,31)26-9-3-8-24/h4-7,12-13,15,26H,3,8-11,14H2,1-2H3. The van der Waals surface area contributed by atoms with E-state index in [2.05, 4.69) is 4.72 Å². The fourth-order valence-electron chi connectivity index (χ4n) is 3.75. The average Bonchev–Trinajstić information content (AvgIpc) is 2.78. The van der Waals surface area contributed by atoms with Crippen LogP contribution in [0.2, 0.25) is 5.02 Å². The van der Waals surface area contributed by atoms with Gasteiger partial charge in [0, 0.05) is 32.2 Å². The minimum atomic E-state index is -3.81. The van der Waals surface area contributed by atoms with E-state index in [0.717, 1.165) is 6.07 Å². The molecule has 1 atom stereocenters.